The van der Waals surface area contributed by atoms with Crippen molar-refractivity contribution in [3.05, 3.63) is 0 Å². The maximum atomic E-state index is 9.28. The molecule has 62 valence electrons. The molecule has 1 nitrogen and oxygen atoms in total. The second-order valence-corrected chi connectivity index (χ2v) is 3.22. The van der Waals surface area contributed by atoms with Crippen molar-refractivity contribution in [3.63, 3.8) is 0 Å². The molecule has 0 aliphatic heterocycles. The SMILES string of the molecule is CCCCC(O)C#CC1CC1. The lowest BCUT2D eigenvalue weighted by molar-refractivity contribution is 0.218. The lowest BCUT2D eigenvalue weighted by atomic mass is 10.1. The van der Waals surface area contributed by atoms with Crippen molar-refractivity contribution in [1.29, 1.82) is 0 Å². The molecule has 11 heavy (non-hydrogen) atoms. The first-order valence-corrected chi connectivity index (χ1v) is 4.52. The first-order chi connectivity index (χ1) is 5.33. The molecule has 1 unspecified atom stereocenters. The Hall–Kier alpha value is -0.480. The highest BCUT2D eigenvalue weighted by molar-refractivity contribution is 5.12. The fraction of sp³-hybridized carbons (Fsp3) is 0.800. The van der Waals surface area contributed by atoms with Gasteiger partial charge in [-0.2, -0.15) is 0 Å². The molecule has 0 heterocycles. The van der Waals surface area contributed by atoms with Gasteiger partial charge in [-0.05, 0) is 19.3 Å². The third-order valence-electron chi connectivity index (χ3n) is 1.86. The zero-order valence-electron chi connectivity index (χ0n) is 7.14. The monoisotopic (exact) mass is 152 g/mol. The van der Waals surface area contributed by atoms with Gasteiger partial charge in [-0.25, -0.2) is 0 Å². The van der Waals surface area contributed by atoms with Gasteiger partial charge in [-0.15, -0.1) is 0 Å². The van der Waals surface area contributed by atoms with Crippen molar-refractivity contribution < 1.29 is 5.11 Å². The minimum Gasteiger partial charge on any atom is -0.380 e. The smallest absolute Gasteiger partial charge is 0.114 e. The van der Waals surface area contributed by atoms with Gasteiger partial charge in [0.2, 0.25) is 0 Å². The van der Waals surface area contributed by atoms with Gasteiger partial charge in [0, 0.05) is 5.92 Å². The van der Waals surface area contributed by atoms with Crippen molar-refractivity contribution in [1.82, 2.24) is 0 Å². The van der Waals surface area contributed by atoms with E-state index < -0.39 is 0 Å². The topological polar surface area (TPSA) is 20.2 Å². The minimum absolute atomic E-state index is 0.365. The lowest BCUT2D eigenvalue weighted by Gasteiger charge is -1.99. The summed E-state index contributed by atoms with van der Waals surface area (Å²) in [5.41, 5.74) is 0. The highest BCUT2D eigenvalue weighted by atomic mass is 16.3. The Bertz CT molecular complexity index is 159. The summed E-state index contributed by atoms with van der Waals surface area (Å²) in [4.78, 5) is 0. The number of unbranched alkanes of at least 4 members (excludes halogenated alkanes) is 1. The average Bonchev–Trinajstić information content (AvgIpc) is 2.80. The Balaban J connectivity index is 2.09. The highest BCUT2D eigenvalue weighted by Crippen LogP contribution is 2.27. The summed E-state index contributed by atoms with van der Waals surface area (Å²) in [6.45, 7) is 2.13. The van der Waals surface area contributed by atoms with Crippen LogP contribution in [0.25, 0.3) is 0 Å². The van der Waals surface area contributed by atoms with Crippen molar-refractivity contribution in [3.8, 4) is 11.8 Å². The largest absolute Gasteiger partial charge is 0.380 e. The van der Waals surface area contributed by atoms with Crippen LogP contribution in [-0.4, -0.2) is 11.2 Å². The molecular weight excluding hydrogens is 136 g/mol. The summed E-state index contributed by atoms with van der Waals surface area (Å²) < 4.78 is 0. The van der Waals surface area contributed by atoms with E-state index in [0.717, 1.165) is 19.3 Å². The molecule has 0 spiro atoms. The molecule has 1 aliphatic carbocycles. The quantitative estimate of drug-likeness (QED) is 0.613. The second-order valence-electron chi connectivity index (χ2n) is 3.22. The van der Waals surface area contributed by atoms with Crippen molar-refractivity contribution in [2.75, 3.05) is 0 Å². The normalized spacial score (nSPS) is 18.7. The zero-order chi connectivity index (χ0) is 8.10. The van der Waals surface area contributed by atoms with Gasteiger partial charge in [-0.3, -0.25) is 0 Å². The molecule has 0 radical (unpaired) electrons. The molecular formula is C10H16O. The third kappa shape index (κ3) is 4.06. The van der Waals surface area contributed by atoms with Crippen LogP contribution in [0.2, 0.25) is 0 Å². The van der Waals surface area contributed by atoms with E-state index in [0.29, 0.717) is 5.92 Å². The van der Waals surface area contributed by atoms with Crippen LogP contribution < -0.4 is 0 Å². The molecule has 0 aromatic heterocycles. The predicted molar refractivity (Wildman–Crippen MR) is 46.0 cm³/mol. The molecule has 0 saturated heterocycles. The van der Waals surface area contributed by atoms with Gasteiger partial charge in [0.05, 0.1) is 0 Å². The fourth-order valence-electron chi connectivity index (χ4n) is 0.911. The van der Waals surface area contributed by atoms with E-state index in [4.69, 9.17) is 0 Å². The maximum absolute atomic E-state index is 9.28. The number of aliphatic hydroxyl groups is 1. The average molecular weight is 152 g/mol. The molecule has 1 aliphatic rings. The minimum atomic E-state index is -0.365. The zero-order valence-corrected chi connectivity index (χ0v) is 7.14. The van der Waals surface area contributed by atoms with Gasteiger partial charge in [0.1, 0.15) is 6.10 Å². The number of rotatable bonds is 3. The van der Waals surface area contributed by atoms with Crippen LogP contribution in [0.15, 0.2) is 0 Å². The second kappa shape index (κ2) is 4.41. The Labute approximate surface area is 68.8 Å². The van der Waals surface area contributed by atoms with Crippen LogP contribution in [0.5, 0.6) is 0 Å². The molecule has 1 atom stereocenters. The Kier molecular flexibility index (Phi) is 3.45. The number of hydrogen-bond donors (Lipinski definition) is 1. The predicted octanol–water partition coefficient (Wildman–Crippen LogP) is 1.95. The maximum Gasteiger partial charge on any atom is 0.114 e. The Morgan fingerprint density at radius 1 is 1.55 bits per heavy atom. The van der Waals surface area contributed by atoms with Crippen molar-refractivity contribution >= 4 is 0 Å². The molecule has 0 aromatic rings. The van der Waals surface area contributed by atoms with Crippen LogP contribution in [0.1, 0.15) is 39.0 Å². The van der Waals surface area contributed by atoms with Gasteiger partial charge >= 0.3 is 0 Å². The lowest BCUT2D eigenvalue weighted by Crippen LogP contribution is -2.01. The van der Waals surface area contributed by atoms with Crippen LogP contribution in [0.3, 0.4) is 0 Å². The molecule has 1 saturated carbocycles. The first-order valence-electron chi connectivity index (χ1n) is 4.52. The van der Waals surface area contributed by atoms with Crippen molar-refractivity contribution in [2.24, 2.45) is 5.92 Å². The van der Waals surface area contributed by atoms with Gasteiger partial charge in [0.15, 0.2) is 0 Å². The van der Waals surface area contributed by atoms with Gasteiger partial charge < -0.3 is 5.11 Å². The van der Waals surface area contributed by atoms with E-state index in [1.165, 1.54) is 12.8 Å². The Morgan fingerprint density at radius 2 is 2.27 bits per heavy atom. The molecule has 0 amide bonds. The third-order valence-corrected chi connectivity index (χ3v) is 1.86. The van der Waals surface area contributed by atoms with E-state index in [-0.39, 0.29) is 6.10 Å². The van der Waals surface area contributed by atoms with Gasteiger partial charge in [-0.1, -0.05) is 31.6 Å². The van der Waals surface area contributed by atoms with Crippen LogP contribution in [-0.2, 0) is 0 Å². The fourth-order valence-corrected chi connectivity index (χ4v) is 0.911. The van der Waals surface area contributed by atoms with Gasteiger partial charge in [0.25, 0.3) is 0 Å². The summed E-state index contributed by atoms with van der Waals surface area (Å²) in [7, 11) is 0. The molecule has 1 rings (SSSR count). The summed E-state index contributed by atoms with van der Waals surface area (Å²) >= 11 is 0. The number of aliphatic hydroxyl groups excluding tert-OH is 1. The van der Waals surface area contributed by atoms with E-state index in [1.54, 1.807) is 0 Å². The molecule has 0 bridgehead atoms. The van der Waals surface area contributed by atoms with Crippen LogP contribution in [0, 0.1) is 17.8 Å². The van der Waals surface area contributed by atoms with Crippen LogP contribution >= 0.6 is 0 Å². The standard InChI is InChI=1S/C10H16O/c1-2-3-4-10(11)8-7-9-5-6-9/h9-11H,2-6H2,1H3. The van der Waals surface area contributed by atoms with E-state index in [9.17, 15) is 5.11 Å². The van der Waals surface area contributed by atoms with E-state index >= 15 is 0 Å². The molecule has 1 N–H and O–H groups in total. The molecule has 0 aromatic carbocycles. The first kappa shape index (κ1) is 8.62. The van der Waals surface area contributed by atoms with Crippen molar-refractivity contribution in [2.45, 2.75) is 45.1 Å². The van der Waals surface area contributed by atoms with E-state index in [1.807, 2.05) is 0 Å². The highest BCUT2D eigenvalue weighted by Gasteiger charge is 2.17. The van der Waals surface area contributed by atoms with E-state index in [2.05, 4.69) is 18.8 Å². The number of hydrogen-bond acceptors (Lipinski definition) is 1. The summed E-state index contributed by atoms with van der Waals surface area (Å²) in [5, 5.41) is 9.28. The summed E-state index contributed by atoms with van der Waals surface area (Å²) in [6, 6.07) is 0. The summed E-state index contributed by atoms with van der Waals surface area (Å²) in [6.07, 6.45) is 5.19. The molecule has 1 fully saturated rings. The molecule has 1 heteroatoms. The summed E-state index contributed by atoms with van der Waals surface area (Å²) in [5.74, 6) is 6.57. The van der Waals surface area contributed by atoms with Crippen LogP contribution in [0.4, 0.5) is 0 Å². The Morgan fingerprint density at radius 3 is 2.82 bits per heavy atom.